The van der Waals surface area contributed by atoms with Gasteiger partial charge in [-0.1, -0.05) is 12.1 Å². The van der Waals surface area contributed by atoms with Gasteiger partial charge in [-0.25, -0.2) is 14.6 Å². The third-order valence-corrected chi connectivity index (χ3v) is 5.61. The van der Waals surface area contributed by atoms with Gasteiger partial charge in [-0.15, -0.1) is 11.3 Å². The number of aliphatic carboxylic acids is 2. The lowest BCUT2D eigenvalue weighted by Gasteiger charge is -2.34. The minimum Gasteiger partial charge on any atom is -0.478 e. The van der Waals surface area contributed by atoms with Crippen LogP contribution in [0.5, 0.6) is 0 Å². The van der Waals surface area contributed by atoms with Crippen LogP contribution in [-0.2, 0) is 9.59 Å². The lowest BCUT2D eigenvalue weighted by molar-refractivity contribution is -0.134. The second-order valence-electron chi connectivity index (χ2n) is 6.98. The highest BCUT2D eigenvalue weighted by molar-refractivity contribution is 7.16. The number of carboxylic acids is 2. The van der Waals surface area contributed by atoms with Crippen LogP contribution < -0.4 is 5.32 Å². The molecule has 2 aliphatic heterocycles. The molecule has 0 unspecified atom stereocenters. The van der Waals surface area contributed by atoms with Crippen molar-refractivity contribution in [2.45, 2.75) is 6.92 Å². The zero-order chi connectivity index (χ0) is 21.7. The average Bonchev–Trinajstić information content (AvgIpc) is 2.99. The maximum atomic E-state index is 9.55. The number of likely N-dealkylation sites (N-methyl/N-ethyl adjacent to an activating group) is 1. The number of carboxylic acid groups (broad SMARTS) is 2. The Balaban J connectivity index is 0.000000275. The number of anilines is 2. The van der Waals surface area contributed by atoms with Crippen molar-refractivity contribution in [2.24, 2.45) is 4.99 Å². The number of nitrogens with one attached hydrogen (secondary N) is 1. The van der Waals surface area contributed by atoms with E-state index >= 15 is 0 Å². The first kappa shape index (κ1) is 21.5. The van der Waals surface area contributed by atoms with Crippen LogP contribution in [0.1, 0.15) is 10.4 Å². The van der Waals surface area contributed by atoms with E-state index in [1.165, 1.54) is 15.4 Å². The first-order chi connectivity index (χ1) is 14.3. The zero-order valence-electron chi connectivity index (χ0n) is 16.8. The van der Waals surface area contributed by atoms with E-state index in [-0.39, 0.29) is 0 Å². The van der Waals surface area contributed by atoms with Crippen molar-refractivity contribution >= 4 is 45.5 Å². The number of para-hydroxylation sites is 2. The van der Waals surface area contributed by atoms with Gasteiger partial charge in [-0.05, 0) is 32.2 Å². The first-order valence-electron chi connectivity index (χ1n) is 9.46. The molecule has 0 aliphatic carbocycles. The van der Waals surface area contributed by atoms with Crippen LogP contribution >= 0.6 is 11.3 Å². The van der Waals surface area contributed by atoms with E-state index in [0.29, 0.717) is 12.2 Å². The van der Waals surface area contributed by atoms with Crippen molar-refractivity contribution in [2.75, 3.05) is 38.5 Å². The fourth-order valence-corrected chi connectivity index (χ4v) is 4.07. The zero-order valence-corrected chi connectivity index (χ0v) is 17.6. The SMILES string of the molecule is Cc1cc2c(s1)Nc1ccccc1N=C2N1CCN(C)CC1.O=C(O)/C=C/C(=O)O. The van der Waals surface area contributed by atoms with Crippen LogP contribution in [0.4, 0.5) is 16.4 Å². The third kappa shape index (κ3) is 5.46. The summed E-state index contributed by atoms with van der Waals surface area (Å²) in [7, 11) is 2.18. The lowest BCUT2D eigenvalue weighted by atomic mass is 10.2. The number of fused-ring (bicyclic) bond motifs is 2. The number of aliphatic imine (C=N–C) groups is 1. The summed E-state index contributed by atoms with van der Waals surface area (Å²) in [5, 5.41) is 20.4. The molecule has 0 amide bonds. The molecule has 8 nitrogen and oxygen atoms in total. The molecule has 4 rings (SSSR count). The predicted octanol–water partition coefficient (Wildman–Crippen LogP) is 3.15. The van der Waals surface area contributed by atoms with Gasteiger partial charge in [0.05, 0.1) is 16.9 Å². The summed E-state index contributed by atoms with van der Waals surface area (Å²) in [6.45, 7) is 6.41. The highest BCUT2D eigenvalue weighted by Gasteiger charge is 2.25. The van der Waals surface area contributed by atoms with Gasteiger partial charge in [0.15, 0.2) is 0 Å². The number of hydrogen-bond donors (Lipinski definition) is 3. The molecular weight excluding hydrogens is 404 g/mol. The molecular formula is C21H24N4O4S. The van der Waals surface area contributed by atoms with E-state index in [9.17, 15) is 9.59 Å². The summed E-state index contributed by atoms with van der Waals surface area (Å²) >= 11 is 1.81. The number of rotatable bonds is 2. The molecule has 0 spiro atoms. The Hall–Kier alpha value is -3.17. The summed E-state index contributed by atoms with van der Waals surface area (Å²) in [6.07, 6.45) is 1.12. The molecule has 0 radical (unpaired) electrons. The minimum absolute atomic E-state index is 0.558. The Labute approximate surface area is 178 Å². The van der Waals surface area contributed by atoms with E-state index in [4.69, 9.17) is 15.2 Å². The molecule has 0 saturated carbocycles. The molecule has 30 heavy (non-hydrogen) atoms. The van der Waals surface area contributed by atoms with Gasteiger partial charge in [0.25, 0.3) is 0 Å². The first-order valence-corrected chi connectivity index (χ1v) is 10.3. The van der Waals surface area contributed by atoms with Crippen LogP contribution in [-0.4, -0.2) is 71.0 Å². The van der Waals surface area contributed by atoms with E-state index in [2.05, 4.69) is 59.4 Å². The molecule has 1 fully saturated rings. The number of piperazine rings is 1. The summed E-state index contributed by atoms with van der Waals surface area (Å²) in [5.41, 5.74) is 3.36. The lowest BCUT2D eigenvalue weighted by Crippen LogP contribution is -2.47. The molecule has 0 atom stereocenters. The van der Waals surface area contributed by atoms with Gasteiger partial charge in [0.2, 0.25) is 0 Å². The highest BCUT2D eigenvalue weighted by Crippen LogP contribution is 2.39. The monoisotopic (exact) mass is 428 g/mol. The van der Waals surface area contributed by atoms with Crippen molar-refractivity contribution < 1.29 is 19.8 Å². The van der Waals surface area contributed by atoms with Crippen LogP contribution in [0, 0.1) is 6.92 Å². The van der Waals surface area contributed by atoms with Crippen LogP contribution in [0.25, 0.3) is 0 Å². The normalized spacial score (nSPS) is 15.8. The van der Waals surface area contributed by atoms with Crippen molar-refractivity contribution in [3.8, 4) is 0 Å². The Morgan fingerprint density at radius 2 is 1.73 bits per heavy atom. The predicted molar refractivity (Wildman–Crippen MR) is 118 cm³/mol. The maximum Gasteiger partial charge on any atom is 0.328 e. The molecule has 1 saturated heterocycles. The molecule has 3 N–H and O–H groups in total. The van der Waals surface area contributed by atoms with Crippen molar-refractivity contribution in [1.82, 2.24) is 9.80 Å². The topological polar surface area (TPSA) is 105 Å². The number of amidine groups is 1. The fourth-order valence-electron chi connectivity index (χ4n) is 3.15. The molecule has 2 aromatic rings. The fraction of sp³-hybridized carbons (Fsp3) is 0.286. The van der Waals surface area contributed by atoms with Crippen molar-refractivity contribution in [3.05, 3.63) is 52.9 Å². The van der Waals surface area contributed by atoms with Gasteiger partial charge >= 0.3 is 11.9 Å². The number of carbonyl (C=O) groups is 2. The molecule has 2 aliphatic rings. The number of benzene rings is 1. The van der Waals surface area contributed by atoms with E-state index < -0.39 is 11.9 Å². The second-order valence-corrected chi connectivity index (χ2v) is 8.23. The Kier molecular flexibility index (Phi) is 6.86. The molecule has 1 aromatic carbocycles. The molecule has 1 aromatic heterocycles. The highest BCUT2D eigenvalue weighted by atomic mass is 32.1. The number of hydrogen-bond acceptors (Lipinski definition) is 7. The standard InChI is InChI=1S/C17H20N4S.C4H4O4/c1-12-11-13-16(21-9-7-20(2)8-10-21)18-14-5-3-4-6-15(14)19-17(13)22-12;5-3(6)1-2-4(7)8/h3-6,11,19H,7-10H2,1-2H3;1-2H,(H,5,6)(H,7,8)/b;2-1+. The van der Waals surface area contributed by atoms with Gasteiger partial charge in [0.1, 0.15) is 10.8 Å². The number of thiophene rings is 1. The van der Waals surface area contributed by atoms with Gasteiger partial charge < -0.3 is 25.3 Å². The number of nitrogens with zero attached hydrogens (tertiary/aromatic N) is 3. The van der Waals surface area contributed by atoms with Gasteiger partial charge in [0, 0.05) is 43.2 Å². The van der Waals surface area contributed by atoms with Gasteiger partial charge in [-0.2, -0.15) is 0 Å². The molecule has 3 heterocycles. The van der Waals surface area contributed by atoms with Crippen molar-refractivity contribution in [3.63, 3.8) is 0 Å². The largest absolute Gasteiger partial charge is 0.478 e. The van der Waals surface area contributed by atoms with Crippen LogP contribution in [0.3, 0.4) is 0 Å². The molecule has 9 heteroatoms. The number of aryl methyl sites for hydroxylation is 1. The quantitative estimate of drug-likeness (QED) is 0.631. The summed E-state index contributed by atoms with van der Waals surface area (Å²) in [6, 6.07) is 10.6. The summed E-state index contributed by atoms with van der Waals surface area (Å²) in [4.78, 5) is 30.2. The van der Waals surface area contributed by atoms with E-state index in [1.54, 1.807) is 11.3 Å². The van der Waals surface area contributed by atoms with E-state index in [1.807, 2.05) is 0 Å². The van der Waals surface area contributed by atoms with Crippen molar-refractivity contribution in [1.29, 1.82) is 0 Å². The van der Waals surface area contributed by atoms with Gasteiger partial charge in [-0.3, -0.25) is 0 Å². The Bertz CT molecular complexity index is 975. The Morgan fingerprint density at radius 1 is 1.10 bits per heavy atom. The Morgan fingerprint density at radius 3 is 2.37 bits per heavy atom. The second kappa shape index (κ2) is 9.55. The van der Waals surface area contributed by atoms with E-state index in [0.717, 1.165) is 43.4 Å². The maximum absolute atomic E-state index is 9.55. The third-order valence-electron chi connectivity index (χ3n) is 4.65. The smallest absolute Gasteiger partial charge is 0.328 e. The van der Waals surface area contributed by atoms with Crippen LogP contribution in [0.15, 0.2) is 47.5 Å². The summed E-state index contributed by atoms with van der Waals surface area (Å²) < 4.78 is 0. The summed E-state index contributed by atoms with van der Waals surface area (Å²) in [5.74, 6) is -1.40. The minimum atomic E-state index is -1.26. The van der Waals surface area contributed by atoms with Crippen LogP contribution in [0.2, 0.25) is 0 Å². The molecule has 158 valence electrons. The molecule has 0 bridgehead atoms. The average molecular weight is 429 g/mol.